The predicted molar refractivity (Wildman–Crippen MR) is 80.8 cm³/mol. The topological polar surface area (TPSA) is 55.1 Å². The summed E-state index contributed by atoms with van der Waals surface area (Å²) in [6, 6.07) is 9.55. The maximum atomic E-state index is 14.3. The minimum absolute atomic E-state index is 0.0925. The van der Waals surface area contributed by atoms with Crippen LogP contribution in [0.15, 0.2) is 36.4 Å². The van der Waals surface area contributed by atoms with Crippen molar-refractivity contribution < 1.29 is 9.18 Å². The first-order valence-electron chi connectivity index (χ1n) is 6.68. The molecule has 0 bridgehead atoms. The van der Waals surface area contributed by atoms with Crippen LogP contribution in [-0.4, -0.2) is 5.91 Å². The molecule has 2 aromatic rings. The van der Waals surface area contributed by atoms with Crippen LogP contribution in [0.4, 0.5) is 10.1 Å². The second kappa shape index (κ2) is 5.47. The quantitative estimate of drug-likeness (QED) is 0.893. The number of amides is 1. The fraction of sp³-hybridized carbons (Fsp3) is 0.188. The van der Waals surface area contributed by atoms with Crippen LogP contribution in [0.25, 0.3) is 0 Å². The highest BCUT2D eigenvalue weighted by molar-refractivity contribution is 6.31. The summed E-state index contributed by atoms with van der Waals surface area (Å²) in [6.07, 6.45) is 0.989. The zero-order valence-corrected chi connectivity index (χ0v) is 12.0. The van der Waals surface area contributed by atoms with Gasteiger partial charge in [-0.15, -0.1) is 0 Å². The summed E-state index contributed by atoms with van der Waals surface area (Å²) in [7, 11) is 0. The molecule has 5 heteroatoms. The summed E-state index contributed by atoms with van der Waals surface area (Å²) in [4.78, 5) is 11.3. The zero-order valence-electron chi connectivity index (χ0n) is 11.2. The van der Waals surface area contributed by atoms with Crippen LogP contribution in [0, 0.1) is 5.82 Å². The Hall–Kier alpha value is -1.91. The number of aryl methyl sites for hydroxylation is 1. The molecular formula is C16H14ClFN2O. The molecule has 3 nitrogen and oxygen atoms in total. The van der Waals surface area contributed by atoms with Gasteiger partial charge in [-0.3, -0.25) is 4.79 Å². The zero-order chi connectivity index (χ0) is 15.0. The SMILES string of the molecule is NC(c1cc2c(cc1F)NC(=O)CC2)c1ccccc1Cl. The molecule has 21 heavy (non-hydrogen) atoms. The number of carbonyl (C=O) groups is 1. The van der Waals surface area contributed by atoms with Crippen molar-refractivity contribution in [3.8, 4) is 0 Å². The van der Waals surface area contributed by atoms with Crippen molar-refractivity contribution in [2.45, 2.75) is 18.9 Å². The summed E-state index contributed by atoms with van der Waals surface area (Å²) in [5.41, 5.74) is 8.66. The Morgan fingerprint density at radius 1 is 1.19 bits per heavy atom. The van der Waals surface area contributed by atoms with E-state index in [1.807, 2.05) is 6.07 Å². The van der Waals surface area contributed by atoms with E-state index < -0.39 is 11.9 Å². The second-order valence-electron chi connectivity index (χ2n) is 5.08. The van der Waals surface area contributed by atoms with Gasteiger partial charge in [-0.2, -0.15) is 0 Å². The Labute approximate surface area is 126 Å². The van der Waals surface area contributed by atoms with Gasteiger partial charge >= 0.3 is 0 Å². The van der Waals surface area contributed by atoms with E-state index in [9.17, 15) is 9.18 Å². The summed E-state index contributed by atoms with van der Waals surface area (Å²) in [5, 5.41) is 3.18. The maximum Gasteiger partial charge on any atom is 0.224 e. The lowest BCUT2D eigenvalue weighted by atomic mass is 9.93. The third kappa shape index (κ3) is 2.64. The molecule has 0 saturated carbocycles. The van der Waals surface area contributed by atoms with E-state index in [1.54, 1.807) is 24.3 Å². The van der Waals surface area contributed by atoms with Gasteiger partial charge in [-0.1, -0.05) is 29.8 Å². The fourth-order valence-electron chi connectivity index (χ4n) is 2.55. The van der Waals surface area contributed by atoms with Crippen LogP contribution >= 0.6 is 11.6 Å². The van der Waals surface area contributed by atoms with Gasteiger partial charge in [-0.25, -0.2) is 4.39 Å². The van der Waals surface area contributed by atoms with Crippen LogP contribution in [-0.2, 0) is 11.2 Å². The first-order valence-corrected chi connectivity index (χ1v) is 7.06. The van der Waals surface area contributed by atoms with Gasteiger partial charge in [0.05, 0.1) is 6.04 Å². The van der Waals surface area contributed by atoms with E-state index in [-0.39, 0.29) is 5.91 Å². The number of nitrogens with one attached hydrogen (secondary N) is 1. The summed E-state index contributed by atoms with van der Waals surface area (Å²) < 4.78 is 14.3. The maximum absolute atomic E-state index is 14.3. The molecule has 3 rings (SSSR count). The molecule has 3 N–H and O–H groups in total. The molecule has 1 aliphatic heterocycles. The van der Waals surface area contributed by atoms with Crippen molar-refractivity contribution in [3.05, 3.63) is 63.9 Å². The third-order valence-electron chi connectivity index (χ3n) is 3.69. The monoisotopic (exact) mass is 304 g/mol. The molecule has 0 radical (unpaired) electrons. The van der Waals surface area contributed by atoms with Crippen LogP contribution in [0.5, 0.6) is 0 Å². The number of benzene rings is 2. The third-order valence-corrected chi connectivity index (χ3v) is 4.04. The van der Waals surface area contributed by atoms with E-state index >= 15 is 0 Å². The number of rotatable bonds is 2. The molecule has 1 heterocycles. The van der Waals surface area contributed by atoms with Gasteiger partial charge in [0, 0.05) is 22.7 Å². The van der Waals surface area contributed by atoms with Crippen molar-refractivity contribution >= 4 is 23.2 Å². The van der Waals surface area contributed by atoms with Gasteiger partial charge < -0.3 is 11.1 Å². The summed E-state index contributed by atoms with van der Waals surface area (Å²) in [5.74, 6) is -0.534. The van der Waals surface area contributed by atoms with Crippen molar-refractivity contribution in [2.24, 2.45) is 5.73 Å². The smallest absolute Gasteiger partial charge is 0.224 e. The Bertz CT molecular complexity index is 717. The number of anilines is 1. The van der Waals surface area contributed by atoms with E-state index in [2.05, 4.69) is 5.32 Å². The molecule has 1 amide bonds. The molecule has 0 aliphatic carbocycles. The number of fused-ring (bicyclic) bond motifs is 1. The van der Waals surface area contributed by atoms with Gasteiger partial charge in [0.25, 0.3) is 0 Å². The van der Waals surface area contributed by atoms with E-state index in [1.165, 1.54) is 6.07 Å². The number of hydrogen-bond acceptors (Lipinski definition) is 2. The molecule has 2 aromatic carbocycles. The van der Waals surface area contributed by atoms with Crippen LogP contribution in [0.1, 0.15) is 29.2 Å². The Balaban J connectivity index is 2.03. The largest absolute Gasteiger partial charge is 0.326 e. The van der Waals surface area contributed by atoms with Crippen molar-refractivity contribution in [1.82, 2.24) is 0 Å². The lowest BCUT2D eigenvalue weighted by molar-refractivity contribution is -0.116. The van der Waals surface area contributed by atoms with Crippen molar-refractivity contribution in [1.29, 1.82) is 0 Å². The van der Waals surface area contributed by atoms with Gasteiger partial charge in [0.2, 0.25) is 5.91 Å². The molecular weight excluding hydrogens is 291 g/mol. The first-order chi connectivity index (χ1) is 10.1. The highest BCUT2D eigenvalue weighted by Gasteiger charge is 2.21. The molecule has 0 saturated heterocycles. The number of halogens is 2. The van der Waals surface area contributed by atoms with E-state index in [0.29, 0.717) is 34.7 Å². The number of carbonyl (C=O) groups excluding carboxylic acids is 1. The highest BCUT2D eigenvalue weighted by atomic mass is 35.5. The van der Waals surface area contributed by atoms with Crippen LogP contribution in [0.2, 0.25) is 5.02 Å². The molecule has 0 spiro atoms. The molecule has 1 unspecified atom stereocenters. The number of hydrogen-bond donors (Lipinski definition) is 2. The molecule has 1 atom stereocenters. The average Bonchev–Trinajstić information content (AvgIpc) is 2.46. The van der Waals surface area contributed by atoms with Crippen molar-refractivity contribution in [3.63, 3.8) is 0 Å². The molecule has 1 aliphatic rings. The first kappa shape index (κ1) is 14.0. The Morgan fingerprint density at radius 2 is 1.95 bits per heavy atom. The molecule has 0 fully saturated rings. The van der Waals surface area contributed by atoms with Crippen molar-refractivity contribution in [2.75, 3.05) is 5.32 Å². The molecule has 0 aromatic heterocycles. The molecule has 108 valence electrons. The Kier molecular flexibility index (Phi) is 3.66. The normalized spacial score (nSPS) is 15.3. The highest BCUT2D eigenvalue weighted by Crippen LogP contribution is 2.32. The van der Waals surface area contributed by atoms with E-state index in [0.717, 1.165) is 5.56 Å². The minimum Gasteiger partial charge on any atom is -0.326 e. The standard InChI is InChI=1S/C16H14ClFN2O/c17-12-4-2-1-3-10(12)16(19)11-7-9-5-6-15(21)20-14(9)8-13(11)18/h1-4,7-8,16H,5-6,19H2,(H,20,21). The average molecular weight is 305 g/mol. The van der Waals surface area contributed by atoms with Crippen LogP contribution in [0.3, 0.4) is 0 Å². The lowest BCUT2D eigenvalue weighted by Crippen LogP contribution is -2.21. The fourth-order valence-corrected chi connectivity index (χ4v) is 2.81. The van der Waals surface area contributed by atoms with Gasteiger partial charge in [-0.05, 0) is 35.7 Å². The predicted octanol–water partition coefficient (Wildman–Crippen LogP) is 3.41. The second-order valence-corrected chi connectivity index (χ2v) is 5.49. The number of nitrogens with two attached hydrogens (primary N) is 1. The Morgan fingerprint density at radius 3 is 2.71 bits per heavy atom. The van der Waals surface area contributed by atoms with Gasteiger partial charge in [0.1, 0.15) is 5.82 Å². The summed E-state index contributed by atoms with van der Waals surface area (Å²) in [6.45, 7) is 0. The van der Waals surface area contributed by atoms with E-state index in [4.69, 9.17) is 17.3 Å². The lowest BCUT2D eigenvalue weighted by Gasteiger charge is -2.21. The summed E-state index contributed by atoms with van der Waals surface area (Å²) >= 11 is 6.12. The van der Waals surface area contributed by atoms with Gasteiger partial charge in [0.15, 0.2) is 0 Å². The van der Waals surface area contributed by atoms with Crippen LogP contribution < -0.4 is 11.1 Å². The minimum atomic E-state index is -0.637.